The van der Waals surface area contributed by atoms with Crippen LogP contribution in [0.5, 0.6) is 5.75 Å². The normalized spacial score (nSPS) is 10.0. The summed E-state index contributed by atoms with van der Waals surface area (Å²) >= 11 is 6.07. The van der Waals surface area contributed by atoms with E-state index < -0.39 is 5.91 Å². The van der Waals surface area contributed by atoms with E-state index in [1.807, 2.05) is 6.07 Å². The van der Waals surface area contributed by atoms with Gasteiger partial charge in [0.1, 0.15) is 23.2 Å². The molecule has 1 aromatic carbocycles. The second kappa shape index (κ2) is 6.15. The van der Waals surface area contributed by atoms with Gasteiger partial charge in [0.2, 0.25) is 5.95 Å². The molecule has 0 aliphatic rings. The zero-order valence-corrected chi connectivity index (χ0v) is 12.0. The first-order chi connectivity index (χ1) is 10.4. The fourth-order valence-electron chi connectivity index (χ4n) is 1.73. The Morgan fingerprint density at radius 1 is 1.36 bits per heavy atom. The molecular weight excluding hydrogens is 308 g/mol. The van der Waals surface area contributed by atoms with E-state index in [1.54, 1.807) is 6.07 Å². The highest BCUT2D eigenvalue weighted by molar-refractivity contribution is 6.32. The van der Waals surface area contributed by atoms with E-state index in [0.717, 1.165) is 0 Å². The number of amides is 1. The fourth-order valence-corrected chi connectivity index (χ4v) is 1.96. The van der Waals surface area contributed by atoms with Gasteiger partial charge in [0.05, 0.1) is 10.7 Å². The van der Waals surface area contributed by atoms with Crippen LogP contribution in [0.2, 0.25) is 5.02 Å². The van der Waals surface area contributed by atoms with E-state index in [-0.39, 0.29) is 40.4 Å². The fraction of sp³-hybridized carbons (Fsp3) is 0.0769. The molecule has 0 spiro atoms. The number of primary amides is 1. The molecule has 0 saturated heterocycles. The molecular formula is C13H11ClN6O2. The summed E-state index contributed by atoms with van der Waals surface area (Å²) in [6.07, 6.45) is 0. The van der Waals surface area contributed by atoms with Crippen LogP contribution in [0.15, 0.2) is 18.2 Å². The van der Waals surface area contributed by atoms with Gasteiger partial charge < -0.3 is 21.9 Å². The highest BCUT2D eigenvalue weighted by atomic mass is 35.5. The minimum absolute atomic E-state index is 0.0184. The molecule has 1 heterocycles. The third-order valence-corrected chi connectivity index (χ3v) is 2.94. The Balaban J connectivity index is 2.45. The Kier molecular flexibility index (Phi) is 4.29. The van der Waals surface area contributed by atoms with Crippen LogP contribution < -0.4 is 21.9 Å². The number of ether oxygens (including phenoxy) is 1. The first-order valence-corrected chi connectivity index (χ1v) is 6.34. The second-order valence-electron chi connectivity index (χ2n) is 4.20. The molecule has 0 saturated carbocycles. The predicted molar refractivity (Wildman–Crippen MR) is 80.7 cm³/mol. The van der Waals surface area contributed by atoms with Crippen molar-refractivity contribution in [2.45, 2.75) is 0 Å². The summed E-state index contributed by atoms with van der Waals surface area (Å²) in [5, 5.41) is 9.38. The first-order valence-electron chi connectivity index (χ1n) is 5.96. The Morgan fingerprint density at radius 3 is 2.68 bits per heavy atom. The number of nitrogen functional groups attached to an aromatic ring is 2. The number of nitrogens with two attached hydrogens (primary N) is 3. The summed E-state index contributed by atoms with van der Waals surface area (Å²) in [5.74, 6) is -0.423. The predicted octanol–water partition coefficient (Wildman–Crippen LogP) is 0.697. The van der Waals surface area contributed by atoms with Gasteiger partial charge in [0, 0.05) is 5.56 Å². The van der Waals surface area contributed by atoms with E-state index in [0.29, 0.717) is 5.56 Å². The van der Waals surface area contributed by atoms with Gasteiger partial charge >= 0.3 is 0 Å². The van der Waals surface area contributed by atoms with E-state index >= 15 is 0 Å². The standard InChI is InChI=1S/C13H11ClN6O2/c14-8-3-6(1-2-9(8)22-5-10(16)21)11-7(4-15)12(17)20-13(18)19-11/h1-3H,5H2,(H2,16,21)(H4,17,18,19,20). The number of carbonyl (C=O) groups is 1. The van der Waals surface area contributed by atoms with Crippen LogP contribution in [-0.2, 0) is 4.79 Å². The molecule has 2 rings (SSSR count). The molecule has 0 atom stereocenters. The topological polar surface area (TPSA) is 154 Å². The van der Waals surface area contributed by atoms with Gasteiger partial charge in [-0.2, -0.15) is 10.2 Å². The van der Waals surface area contributed by atoms with Gasteiger partial charge in [-0.1, -0.05) is 11.6 Å². The lowest BCUT2D eigenvalue weighted by Crippen LogP contribution is -2.20. The maximum Gasteiger partial charge on any atom is 0.255 e. The van der Waals surface area contributed by atoms with Gasteiger partial charge in [-0.05, 0) is 18.2 Å². The lowest BCUT2D eigenvalue weighted by Gasteiger charge is -2.10. The van der Waals surface area contributed by atoms with Crippen molar-refractivity contribution in [3.8, 4) is 23.1 Å². The number of anilines is 2. The summed E-state index contributed by atoms with van der Waals surface area (Å²) in [5.41, 5.74) is 17.1. The summed E-state index contributed by atoms with van der Waals surface area (Å²) in [7, 11) is 0. The number of hydrogen-bond acceptors (Lipinski definition) is 7. The molecule has 0 bridgehead atoms. The van der Waals surface area contributed by atoms with Crippen LogP contribution in [-0.4, -0.2) is 22.5 Å². The van der Waals surface area contributed by atoms with Gasteiger partial charge in [-0.3, -0.25) is 4.79 Å². The zero-order chi connectivity index (χ0) is 16.3. The number of carbonyl (C=O) groups excluding carboxylic acids is 1. The Labute approximate surface area is 130 Å². The van der Waals surface area contributed by atoms with Gasteiger partial charge in [-0.15, -0.1) is 0 Å². The largest absolute Gasteiger partial charge is 0.482 e. The van der Waals surface area contributed by atoms with Crippen LogP contribution in [0.4, 0.5) is 11.8 Å². The van der Waals surface area contributed by atoms with Crippen molar-refractivity contribution in [3.05, 3.63) is 28.8 Å². The Morgan fingerprint density at radius 2 is 2.09 bits per heavy atom. The van der Waals surface area contributed by atoms with Crippen molar-refractivity contribution >= 4 is 29.3 Å². The number of nitriles is 1. The Hall–Kier alpha value is -3.05. The number of aromatic nitrogens is 2. The molecule has 0 radical (unpaired) electrons. The van der Waals surface area contributed by atoms with E-state index in [2.05, 4.69) is 9.97 Å². The highest BCUT2D eigenvalue weighted by Gasteiger charge is 2.15. The van der Waals surface area contributed by atoms with Crippen molar-refractivity contribution in [1.82, 2.24) is 9.97 Å². The molecule has 6 N–H and O–H groups in total. The molecule has 22 heavy (non-hydrogen) atoms. The van der Waals surface area contributed by atoms with Crippen molar-refractivity contribution in [2.24, 2.45) is 5.73 Å². The van der Waals surface area contributed by atoms with Gasteiger partial charge in [0.25, 0.3) is 5.91 Å². The van der Waals surface area contributed by atoms with Crippen LogP contribution in [0, 0.1) is 11.3 Å². The van der Waals surface area contributed by atoms with E-state index in [4.69, 9.17) is 38.8 Å². The molecule has 1 amide bonds. The van der Waals surface area contributed by atoms with Crippen molar-refractivity contribution in [1.29, 1.82) is 5.26 Å². The maximum absolute atomic E-state index is 10.7. The number of halogens is 1. The van der Waals surface area contributed by atoms with Gasteiger partial charge in [0.15, 0.2) is 6.61 Å². The first kappa shape index (κ1) is 15.3. The molecule has 0 aliphatic carbocycles. The summed E-state index contributed by atoms with van der Waals surface area (Å²) in [6.45, 7) is -0.296. The molecule has 9 heteroatoms. The van der Waals surface area contributed by atoms with Crippen LogP contribution >= 0.6 is 11.6 Å². The molecule has 8 nitrogen and oxygen atoms in total. The Bertz CT molecular complexity index is 787. The highest BCUT2D eigenvalue weighted by Crippen LogP contribution is 2.32. The number of hydrogen-bond donors (Lipinski definition) is 3. The number of nitrogens with zero attached hydrogens (tertiary/aromatic N) is 3. The second-order valence-corrected chi connectivity index (χ2v) is 4.61. The van der Waals surface area contributed by atoms with Crippen LogP contribution in [0.3, 0.4) is 0 Å². The van der Waals surface area contributed by atoms with Crippen molar-refractivity contribution < 1.29 is 9.53 Å². The third kappa shape index (κ3) is 3.16. The lowest BCUT2D eigenvalue weighted by molar-refractivity contribution is -0.119. The van der Waals surface area contributed by atoms with E-state index in [9.17, 15) is 4.79 Å². The molecule has 2 aromatic rings. The monoisotopic (exact) mass is 318 g/mol. The molecule has 0 aliphatic heterocycles. The summed E-state index contributed by atoms with van der Waals surface area (Å²) in [6, 6.07) is 6.56. The quantitative estimate of drug-likeness (QED) is 0.749. The van der Waals surface area contributed by atoms with Gasteiger partial charge in [-0.25, -0.2) is 4.98 Å². The molecule has 0 fully saturated rings. The van der Waals surface area contributed by atoms with Crippen molar-refractivity contribution in [3.63, 3.8) is 0 Å². The molecule has 112 valence electrons. The minimum atomic E-state index is -0.622. The van der Waals surface area contributed by atoms with Crippen LogP contribution in [0.25, 0.3) is 11.3 Å². The van der Waals surface area contributed by atoms with E-state index in [1.165, 1.54) is 12.1 Å². The average Bonchev–Trinajstić information content (AvgIpc) is 2.45. The lowest BCUT2D eigenvalue weighted by atomic mass is 10.1. The summed E-state index contributed by atoms with van der Waals surface area (Å²) < 4.78 is 5.14. The number of rotatable bonds is 4. The zero-order valence-electron chi connectivity index (χ0n) is 11.2. The summed E-state index contributed by atoms with van der Waals surface area (Å²) in [4.78, 5) is 18.4. The minimum Gasteiger partial charge on any atom is -0.482 e. The third-order valence-electron chi connectivity index (χ3n) is 2.64. The average molecular weight is 319 g/mol. The maximum atomic E-state index is 10.7. The molecule has 1 aromatic heterocycles. The van der Waals surface area contributed by atoms with Crippen LogP contribution in [0.1, 0.15) is 5.56 Å². The SMILES string of the molecule is N#Cc1c(N)nc(N)nc1-c1ccc(OCC(N)=O)c(Cl)c1. The number of benzene rings is 1. The van der Waals surface area contributed by atoms with Crippen molar-refractivity contribution in [2.75, 3.05) is 18.1 Å². The smallest absolute Gasteiger partial charge is 0.255 e. The molecule has 0 unspecified atom stereocenters.